The molecule has 0 saturated carbocycles. The van der Waals surface area contributed by atoms with Gasteiger partial charge in [0, 0.05) is 46.4 Å². The lowest BCUT2D eigenvalue weighted by Crippen LogP contribution is -2.63. The Labute approximate surface area is 320 Å². The topological polar surface area (TPSA) is 211 Å². The predicted molar refractivity (Wildman–Crippen MR) is 189 cm³/mol. The first-order valence-corrected chi connectivity index (χ1v) is 17.8. The first-order valence-electron chi connectivity index (χ1n) is 17.8. The summed E-state index contributed by atoms with van der Waals surface area (Å²) in [6.07, 6.45) is -11.0. The average Bonchev–Trinajstić information content (AvgIpc) is 3.51. The second kappa shape index (κ2) is 19.6. The van der Waals surface area contributed by atoms with Gasteiger partial charge in [0.05, 0.1) is 17.9 Å². The molecule has 0 aliphatic carbocycles. The molecule has 2 aliphatic rings. The van der Waals surface area contributed by atoms with Crippen LogP contribution in [-0.4, -0.2) is 117 Å². The van der Waals surface area contributed by atoms with E-state index < -0.39 is 73.3 Å². The van der Waals surface area contributed by atoms with E-state index in [1.54, 1.807) is 18.2 Å². The number of anilines is 1. The third-order valence-electron chi connectivity index (χ3n) is 8.62. The number of esters is 3. The minimum Gasteiger partial charge on any atom is -0.488 e. The highest BCUT2D eigenvalue weighted by molar-refractivity contribution is 6.00. The third kappa shape index (κ3) is 12.4. The lowest BCUT2D eigenvalue weighted by Gasteiger charge is -2.42. The first kappa shape index (κ1) is 43.6. The number of carbonyl (C=O) groups is 5. The number of amides is 1. The molecule has 19 heteroatoms. The highest BCUT2D eigenvalue weighted by Crippen LogP contribution is 2.35. The third-order valence-corrected chi connectivity index (χ3v) is 8.62. The number of nitrogens with zero attached hydrogens (tertiary/aromatic N) is 1. The molecular weight excluding hydrogens is 751 g/mol. The van der Waals surface area contributed by atoms with Crippen LogP contribution in [0, 0.1) is 0 Å². The molecule has 0 aromatic heterocycles. The van der Waals surface area contributed by atoms with Crippen LogP contribution >= 0.6 is 0 Å². The van der Waals surface area contributed by atoms with Crippen LogP contribution in [0.25, 0.3) is 0 Å². The number of alkyl halides is 3. The zero-order chi connectivity index (χ0) is 41.2. The molecule has 2 aliphatic heterocycles. The number of carboxylic acids is 1. The molecule has 0 spiro atoms. The van der Waals surface area contributed by atoms with Crippen LogP contribution in [0.4, 0.5) is 18.9 Å². The fourth-order valence-electron chi connectivity index (χ4n) is 6.52. The molecule has 308 valence electrons. The Morgan fingerprint density at radius 1 is 0.946 bits per heavy atom. The van der Waals surface area contributed by atoms with Crippen LogP contribution in [0.1, 0.15) is 55.6 Å². The van der Waals surface area contributed by atoms with Gasteiger partial charge in [-0.2, -0.15) is 13.2 Å². The summed E-state index contributed by atoms with van der Waals surface area (Å²) in [6, 6.07) is 9.76. The zero-order valence-corrected chi connectivity index (χ0v) is 31.3. The number of ether oxygens (including phenoxy) is 7. The van der Waals surface area contributed by atoms with Crippen molar-refractivity contribution in [3.05, 3.63) is 53.1 Å². The van der Waals surface area contributed by atoms with Crippen molar-refractivity contribution in [3.63, 3.8) is 0 Å². The van der Waals surface area contributed by atoms with Gasteiger partial charge >= 0.3 is 30.1 Å². The average molecular weight is 798 g/mol. The van der Waals surface area contributed by atoms with E-state index in [4.69, 9.17) is 38.9 Å². The maximum absolute atomic E-state index is 12.7. The van der Waals surface area contributed by atoms with Gasteiger partial charge in [0.25, 0.3) is 5.91 Å². The molecule has 1 fully saturated rings. The summed E-state index contributed by atoms with van der Waals surface area (Å²) < 4.78 is 75.5. The number of para-hydroxylation sites is 2. The fourth-order valence-corrected chi connectivity index (χ4v) is 6.52. The Balaban J connectivity index is 1.35. The van der Waals surface area contributed by atoms with Gasteiger partial charge in [-0.15, -0.1) is 0 Å². The SMILES string of the molecule is CC(=O)O[C@@H]1[C@@H](OC(C)=O)[C@H](OCCCN2CCc3cc(C[C@@H](C)NCCOc4ccccc4OCC(F)(F)F)cc(C(N)=O)c32)O[C@H](C(=O)O)[C@H]1OC(C)=O. The second-order valence-corrected chi connectivity index (χ2v) is 13.2. The smallest absolute Gasteiger partial charge is 0.422 e. The van der Waals surface area contributed by atoms with Crippen molar-refractivity contribution in [1.82, 2.24) is 5.32 Å². The lowest BCUT2D eigenvalue weighted by molar-refractivity contribution is -0.301. The molecule has 6 atom stereocenters. The quantitative estimate of drug-likeness (QED) is 0.106. The second-order valence-electron chi connectivity index (χ2n) is 13.2. The summed E-state index contributed by atoms with van der Waals surface area (Å²) in [5.74, 6) is -4.53. The van der Waals surface area contributed by atoms with Crippen LogP contribution in [0.2, 0.25) is 0 Å². The number of benzene rings is 2. The van der Waals surface area contributed by atoms with E-state index in [9.17, 15) is 42.3 Å². The van der Waals surface area contributed by atoms with Gasteiger partial charge in [0.2, 0.25) is 0 Å². The summed E-state index contributed by atoms with van der Waals surface area (Å²) in [5.41, 5.74) is 8.61. The maximum atomic E-state index is 12.7. The number of halogens is 3. The molecule has 0 unspecified atom stereocenters. The number of nitrogens with one attached hydrogen (secondary N) is 1. The molecule has 2 heterocycles. The van der Waals surface area contributed by atoms with E-state index in [2.05, 4.69) is 5.32 Å². The van der Waals surface area contributed by atoms with Crippen molar-refractivity contribution in [2.24, 2.45) is 5.73 Å². The highest BCUT2D eigenvalue weighted by Gasteiger charge is 2.55. The molecule has 0 bridgehead atoms. The Kier molecular flexibility index (Phi) is 15.3. The summed E-state index contributed by atoms with van der Waals surface area (Å²) in [5, 5.41) is 13.1. The molecular formula is C37H46F3N3O13. The van der Waals surface area contributed by atoms with E-state index in [1.807, 2.05) is 17.9 Å². The van der Waals surface area contributed by atoms with Crippen molar-refractivity contribution in [3.8, 4) is 11.5 Å². The van der Waals surface area contributed by atoms with Crippen LogP contribution in [0.15, 0.2) is 36.4 Å². The van der Waals surface area contributed by atoms with Crippen LogP contribution < -0.4 is 25.4 Å². The largest absolute Gasteiger partial charge is 0.488 e. The maximum Gasteiger partial charge on any atom is 0.422 e. The minimum absolute atomic E-state index is 0.0123. The Hall–Kier alpha value is -5.14. The number of carbonyl (C=O) groups excluding carboxylic acids is 4. The summed E-state index contributed by atoms with van der Waals surface area (Å²) in [4.78, 5) is 62.5. The van der Waals surface area contributed by atoms with E-state index in [0.717, 1.165) is 31.9 Å². The highest BCUT2D eigenvalue weighted by atomic mass is 19.4. The molecule has 1 amide bonds. The van der Waals surface area contributed by atoms with Gasteiger partial charge in [-0.25, -0.2) is 4.79 Å². The minimum atomic E-state index is -4.48. The van der Waals surface area contributed by atoms with Gasteiger partial charge in [-0.3, -0.25) is 19.2 Å². The van der Waals surface area contributed by atoms with E-state index >= 15 is 0 Å². The number of fused-ring (bicyclic) bond motifs is 1. The number of hydrogen-bond acceptors (Lipinski definition) is 14. The molecule has 56 heavy (non-hydrogen) atoms. The van der Waals surface area contributed by atoms with Gasteiger partial charge in [0.1, 0.15) is 6.61 Å². The summed E-state index contributed by atoms with van der Waals surface area (Å²) in [6.45, 7) is 5.10. The number of primary amides is 1. The van der Waals surface area contributed by atoms with Crippen LogP contribution in [0.5, 0.6) is 11.5 Å². The fraction of sp³-hybridized carbons (Fsp3) is 0.541. The van der Waals surface area contributed by atoms with Gasteiger partial charge in [-0.1, -0.05) is 18.2 Å². The molecule has 2 aromatic carbocycles. The van der Waals surface area contributed by atoms with Crippen LogP contribution in [0.3, 0.4) is 0 Å². The summed E-state index contributed by atoms with van der Waals surface area (Å²) >= 11 is 0. The van der Waals surface area contributed by atoms with Crippen molar-refractivity contribution < 1.29 is 75.4 Å². The first-order chi connectivity index (χ1) is 26.4. The molecule has 2 aromatic rings. The van der Waals surface area contributed by atoms with E-state index in [0.29, 0.717) is 50.1 Å². The zero-order valence-electron chi connectivity index (χ0n) is 31.3. The molecule has 4 N–H and O–H groups in total. The number of aliphatic carboxylic acids is 1. The predicted octanol–water partition coefficient (Wildman–Crippen LogP) is 2.70. The van der Waals surface area contributed by atoms with Crippen molar-refractivity contribution in [2.45, 2.75) is 89.9 Å². The molecule has 16 nitrogen and oxygen atoms in total. The summed E-state index contributed by atoms with van der Waals surface area (Å²) in [7, 11) is 0. The lowest BCUT2D eigenvalue weighted by atomic mass is 9.97. The Morgan fingerprint density at radius 3 is 2.18 bits per heavy atom. The molecule has 4 rings (SSSR count). The number of hydrogen-bond donors (Lipinski definition) is 3. The van der Waals surface area contributed by atoms with Crippen molar-refractivity contribution in [1.29, 1.82) is 0 Å². The van der Waals surface area contributed by atoms with E-state index in [1.165, 1.54) is 12.1 Å². The van der Waals surface area contributed by atoms with Crippen molar-refractivity contribution in [2.75, 3.05) is 44.4 Å². The molecule has 1 saturated heterocycles. The van der Waals surface area contributed by atoms with Crippen molar-refractivity contribution >= 4 is 35.5 Å². The number of rotatable bonds is 19. The Bertz CT molecular complexity index is 1730. The van der Waals surface area contributed by atoms with Gasteiger partial charge < -0.3 is 54.2 Å². The Morgan fingerprint density at radius 2 is 1.57 bits per heavy atom. The van der Waals surface area contributed by atoms with Crippen LogP contribution in [-0.2, 0) is 55.7 Å². The molecule has 0 radical (unpaired) electrons. The van der Waals surface area contributed by atoms with Gasteiger partial charge in [0.15, 0.2) is 48.8 Å². The standard InChI is InChI=1S/C37H46F3N3O13/c1-20(42-11-15-50-27-8-5-6-9-28(27)52-19-37(38,39)40)16-24-17-25-10-13-43(29(25)26(18-24)34(41)47)12-7-14-51-36-33(55-23(4)46)31(54-22(3)45)30(53-21(2)44)32(56-36)35(48)49/h5-6,8-9,17-18,20,30-33,36,42H,7,10-16,19H2,1-4H3,(H2,41,47)(H,48,49)/t20-,30+,31+,32+,33-,36-/m1/s1. The van der Waals surface area contributed by atoms with E-state index in [-0.39, 0.29) is 30.8 Å². The normalized spacial score (nSPS) is 21.1. The monoisotopic (exact) mass is 797 g/mol. The number of carboxylic acid groups (broad SMARTS) is 1. The number of nitrogens with two attached hydrogens (primary N) is 1. The van der Waals surface area contributed by atoms with Gasteiger partial charge in [-0.05, 0) is 55.5 Å².